The first-order valence-electron chi connectivity index (χ1n) is 5.99. The second-order valence-electron chi connectivity index (χ2n) is 4.35. The first kappa shape index (κ1) is 12.2. The highest BCUT2D eigenvalue weighted by molar-refractivity contribution is 6.35. The molecular weight excluding hydrogens is 266 g/mol. The van der Waals surface area contributed by atoms with E-state index in [1.807, 2.05) is 0 Å². The number of ether oxygens (including phenoxy) is 1. The van der Waals surface area contributed by atoms with Crippen molar-refractivity contribution >= 4 is 28.5 Å². The molecule has 0 aromatic carbocycles. The smallest absolute Gasteiger partial charge is 0.257 e. The molecule has 98 valence electrons. The second-order valence-corrected chi connectivity index (χ2v) is 4.76. The number of amides is 1. The number of halogens is 1. The summed E-state index contributed by atoms with van der Waals surface area (Å²) in [6.45, 7) is 1.53. The van der Waals surface area contributed by atoms with Crippen LogP contribution in [-0.4, -0.2) is 41.0 Å². The number of hydrogen-bond acceptors (Lipinski definition) is 4. The third-order valence-electron chi connectivity index (χ3n) is 3.21. The van der Waals surface area contributed by atoms with Crippen LogP contribution in [0.25, 0.3) is 11.0 Å². The molecule has 3 rings (SSSR count). The third-order valence-corrected chi connectivity index (χ3v) is 3.49. The Morgan fingerprint density at radius 3 is 2.84 bits per heavy atom. The average molecular weight is 278 g/mol. The van der Waals surface area contributed by atoms with Crippen LogP contribution >= 0.6 is 11.6 Å². The Balaban J connectivity index is 2.19. The Bertz CT molecular complexity index is 656. The summed E-state index contributed by atoms with van der Waals surface area (Å²) in [7, 11) is 1.53. The van der Waals surface area contributed by atoms with Crippen molar-refractivity contribution in [1.82, 2.24) is 14.9 Å². The molecule has 1 aliphatic rings. The van der Waals surface area contributed by atoms with Crippen molar-refractivity contribution in [1.29, 1.82) is 0 Å². The number of pyridine rings is 2. The number of likely N-dealkylation sites (tertiary alicyclic amines) is 1. The lowest BCUT2D eigenvalue weighted by molar-refractivity contribution is 0.0654. The Morgan fingerprint density at radius 1 is 1.42 bits per heavy atom. The van der Waals surface area contributed by atoms with Gasteiger partial charge in [0.25, 0.3) is 5.91 Å². The molecule has 6 heteroatoms. The summed E-state index contributed by atoms with van der Waals surface area (Å²) in [5.41, 5.74) is 1.53. The molecule has 0 bridgehead atoms. The fraction of sp³-hybridized carbons (Fsp3) is 0.308. The summed E-state index contributed by atoms with van der Waals surface area (Å²) in [5, 5.41) is 0.324. The average Bonchev–Trinajstić information content (AvgIpc) is 2.35. The molecule has 5 nitrogen and oxygen atoms in total. The van der Waals surface area contributed by atoms with Crippen LogP contribution < -0.4 is 4.74 Å². The first-order valence-corrected chi connectivity index (χ1v) is 6.37. The van der Waals surface area contributed by atoms with E-state index in [-0.39, 0.29) is 5.91 Å². The summed E-state index contributed by atoms with van der Waals surface area (Å²) < 4.78 is 5.09. The summed E-state index contributed by atoms with van der Waals surface area (Å²) in [6, 6.07) is 3.48. The van der Waals surface area contributed by atoms with Crippen LogP contribution in [0.1, 0.15) is 16.8 Å². The van der Waals surface area contributed by atoms with Gasteiger partial charge in [0.2, 0.25) is 5.88 Å². The van der Waals surface area contributed by atoms with Crippen molar-refractivity contribution in [2.75, 3.05) is 20.2 Å². The molecule has 0 saturated carbocycles. The van der Waals surface area contributed by atoms with Gasteiger partial charge in [0.1, 0.15) is 5.52 Å². The number of fused-ring (bicyclic) bond motifs is 1. The van der Waals surface area contributed by atoms with Gasteiger partial charge in [-0.1, -0.05) is 11.6 Å². The van der Waals surface area contributed by atoms with E-state index >= 15 is 0 Å². The molecule has 19 heavy (non-hydrogen) atoms. The molecule has 0 atom stereocenters. The monoisotopic (exact) mass is 277 g/mol. The van der Waals surface area contributed by atoms with Crippen molar-refractivity contribution < 1.29 is 9.53 Å². The lowest BCUT2D eigenvalue weighted by atomic mass is 10.1. The normalized spacial score (nSPS) is 14.3. The SMILES string of the molecule is COc1ccc2ncc(Cl)c(C(=O)N3CCC3)c2n1. The van der Waals surface area contributed by atoms with E-state index in [4.69, 9.17) is 16.3 Å². The summed E-state index contributed by atoms with van der Waals surface area (Å²) in [5.74, 6) is 0.346. The molecule has 0 aliphatic carbocycles. The number of nitrogens with zero attached hydrogens (tertiary/aromatic N) is 3. The molecule has 3 heterocycles. The predicted octanol–water partition coefficient (Wildman–Crippen LogP) is 2.14. The highest BCUT2D eigenvalue weighted by atomic mass is 35.5. The molecule has 1 amide bonds. The van der Waals surface area contributed by atoms with Crippen molar-refractivity contribution in [3.8, 4) is 5.88 Å². The van der Waals surface area contributed by atoms with Gasteiger partial charge in [-0.2, -0.15) is 0 Å². The molecule has 2 aromatic heterocycles. The minimum absolute atomic E-state index is 0.0931. The van der Waals surface area contributed by atoms with Crippen LogP contribution in [0.3, 0.4) is 0 Å². The molecule has 1 fully saturated rings. The van der Waals surface area contributed by atoms with Crippen LogP contribution in [0, 0.1) is 0 Å². The number of aromatic nitrogens is 2. The standard InChI is InChI=1S/C13H12ClN3O2/c1-19-10-4-3-9-12(16-10)11(8(14)7-15-9)13(18)17-5-2-6-17/h3-4,7H,2,5-6H2,1H3. The largest absolute Gasteiger partial charge is 0.481 e. The summed E-state index contributed by atoms with van der Waals surface area (Å²) in [6.07, 6.45) is 2.52. The number of hydrogen-bond donors (Lipinski definition) is 0. The van der Waals surface area contributed by atoms with E-state index in [1.165, 1.54) is 13.3 Å². The summed E-state index contributed by atoms with van der Waals surface area (Å²) in [4.78, 5) is 22.6. The van der Waals surface area contributed by atoms with Gasteiger partial charge < -0.3 is 9.64 Å². The Kier molecular flexibility index (Phi) is 2.98. The fourth-order valence-electron chi connectivity index (χ4n) is 2.02. The van der Waals surface area contributed by atoms with Crippen LogP contribution in [0.5, 0.6) is 5.88 Å². The zero-order chi connectivity index (χ0) is 13.4. The maximum absolute atomic E-state index is 12.4. The molecule has 0 unspecified atom stereocenters. The minimum atomic E-state index is -0.0931. The third kappa shape index (κ3) is 2.00. The number of carbonyl (C=O) groups is 1. The first-order chi connectivity index (χ1) is 9.20. The quantitative estimate of drug-likeness (QED) is 0.844. The van der Waals surface area contributed by atoms with Crippen LogP contribution in [0.4, 0.5) is 0 Å². The van der Waals surface area contributed by atoms with Gasteiger partial charge in [-0.15, -0.1) is 0 Å². The molecule has 0 spiro atoms. The second kappa shape index (κ2) is 4.66. The maximum Gasteiger partial charge on any atom is 0.257 e. The predicted molar refractivity (Wildman–Crippen MR) is 71.6 cm³/mol. The molecular formula is C13H12ClN3O2. The van der Waals surface area contributed by atoms with Gasteiger partial charge in [-0.05, 0) is 12.5 Å². The lowest BCUT2D eigenvalue weighted by Crippen LogP contribution is -2.42. The number of rotatable bonds is 2. The summed E-state index contributed by atoms with van der Waals surface area (Å²) >= 11 is 6.13. The van der Waals surface area contributed by atoms with E-state index in [0.717, 1.165) is 19.5 Å². The van der Waals surface area contributed by atoms with E-state index in [0.29, 0.717) is 27.5 Å². The Labute approximate surface area is 115 Å². The van der Waals surface area contributed by atoms with Crippen molar-refractivity contribution in [3.63, 3.8) is 0 Å². The van der Waals surface area contributed by atoms with E-state index in [1.54, 1.807) is 17.0 Å². The molecule has 0 radical (unpaired) electrons. The molecule has 0 N–H and O–H groups in total. The van der Waals surface area contributed by atoms with E-state index < -0.39 is 0 Å². The highest BCUT2D eigenvalue weighted by Crippen LogP contribution is 2.27. The van der Waals surface area contributed by atoms with Gasteiger partial charge >= 0.3 is 0 Å². The van der Waals surface area contributed by atoms with Gasteiger partial charge in [0.05, 0.1) is 23.2 Å². The van der Waals surface area contributed by atoms with Crippen molar-refractivity contribution in [2.24, 2.45) is 0 Å². The fourth-order valence-corrected chi connectivity index (χ4v) is 2.24. The maximum atomic E-state index is 12.4. The van der Waals surface area contributed by atoms with Crippen LogP contribution in [0.15, 0.2) is 18.3 Å². The molecule has 1 aliphatic heterocycles. The highest BCUT2D eigenvalue weighted by Gasteiger charge is 2.26. The zero-order valence-electron chi connectivity index (χ0n) is 10.4. The van der Waals surface area contributed by atoms with Crippen LogP contribution in [0.2, 0.25) is 5.02 Å². The Morgan fingerprint density at radius 2 is 2.21 bits per heavy atom. The van der Waals surface area contributed by atoms with Gasteiger partial charge in [-0.3, -0.25) is 9.78 Å². The molecule has 2 aromatic rings. The van der Waals surface area contributed by atoms with Crippen LogP contribution in [-0.2, 0) is 0 Å². The lowest BCUT2D eigenvalue weighted by Gasteiger charge is -2.31. The van der Waals surface area contributed by atoms with Gasteiger partial charge in [-0.25, -0.2) is 4.98 Å². The number of carbonyl (C=O) groups excluding carboxylic acids is 1. The van der Waals surface area contributed by atoms with Gasteiger partial charge in [0, 0.05) is 25.4 Å². The van der Waals surface area contributed by atoms with Crippen molar-refractivity contribution in [3.05, 3.63) is 28.9 Å². The van der Waals surface area contributed by atoms with Crippen molar-refractivity contribution in [2.45, 2.75) is 6.42 Å². The molecule has 1 saturated heterocycles. The minimum Gasteiger partial charge on any atom is -0.481 e. The number of methoxy groups -OCH3 is 1. The Hall–Kier alpha value is -1.88. The topological polar surface area (TPSA) is 55.3 Å². The zero-order valence-corrected chi connectivity index (χ0v) is 11.1. The van der Waals surface area contributed by atoms with E-state index in [2.05, 4.69) is 9.97 Å². The van der Waals surface area contributed by atoms with E-state index in [9.17, 15) is 4.79 Å². The van der Waals surface area contributed by atoms with Gasteiger partial charge in [0.15, 0.2) is 0 Å².